The normalized spacial score (nSPS) is 22.8. The summed E-state index contributed by atoms with van der Waals surface area (Å²) in [7, 11) is 0. The third-order valence-corrected chi connectivity index (χ3v) is 9.23. The number of imide groups is 1. The molecule has 7 N–H and O–H groups in total. The second kappa shape index (κ2) is 11.6. The number of alkyl halides is 1. The number of thioether (sulfide) groups is 1. The van der Waals surface area contributed by atoms with Crippen molar-refractivity contribution in [1.82, 2.24) is 15.5 Å². The van der Waals surface area contributed by atoms with Gasteiger partial charge in [-0.05, 0) is 32.3 Å². The van der Waals surface area contributed by atoms with Gasteiger partial charge in [0.25, 0.3) is 0 Å². The number of carboxylic acids is 1. The Bertz CT molecular complexity index is 1020. The number of rotatable bonds is 7. The van der Waals surface area contributed by atoms with E-state index in [2.05, 4.69) is 21.2 Å². The molecule has 0 unspecified atom stereocenters. The summed E-state index contributed by atoms with van der Waals surface area (Å²) in [4.78, 5) is 59.1. The molecule has 0 saturated carbocycles. The van der Waals surface area contributed by atoms with Crippen molar-refractivity contribution in [3.8, 4) is 0 Å². The van der Waals surface area contributed by atoms with Crippen LogP contribution < -0.4 is 22.1 Å². The minimum absolute atomic E-state index is 0.375. The average Bonchev–Trinajstić information content (AvgIpc) is 3.09. The Kier molecular flexibility index (Phi) is 9.54. The molecule has 2 heterocycles. The van der Waals surface area contributed by atoms with Crippen LogP contribution >= 0.6 is 27.7 Å². The van der Waals surface area contributed by atoms with Crippen LogP contribution in [0, 0.1) is 0 Å². The summed E-state index contributed by atoms with van der Waals surface area (Å²) in [6, 6.07) is 5.56. The number of hydrogen-bond acceptors (Lipinski definition) is 7. The van der Waals surface area contributed by atoms with Crippen LogP contribution in [0.2, 0.25) is 0 Å². The summed E-state index contributed by atoms with van der Waals surface area (Å²) in [5.74, 6) is -2.23. The van der Waals surface area contributed by atoms with Crippen molar-refractivity contribution >= 4 is 57.4 Å². The lowest BCUT2D eigenvalue weighted by Crippen LogP contribution is -2.71. The van der Waals surface area contributed by atoms with Gasteiger partial charge in [0.05, 0.1) is 0 Å². The monoisotopic (exact) mass is 585 g/mol. The maximum Gasteiger partial charge on any atom is 0.327 e. The number of halogens is 1. The predicted molar refractivity (Wildman–Crippen MR) is 139 cm³/mol. The van der Waals surface area contributed by atoms with Gasteiger partial charge in [0.15, 0.2) is 0 Å². The molecular formula is C23H32BrN5O6S. The molecule has 1 aromatic rings. The summed E-state index contributed by atoms with van der Waals surface area (Å²) in [6.07, 6.45) is 1.23. The molecule has 0 bridgehead atoms. The Morgan fingerprint density at radius 2 is 1.75 bits per heavy atom. The first-order chi connectivity index (χ1) is 16.7. The van der Waals surface area contributed by atoms with E-state index >= 15 is 0 Å². The first-order valence-corrected chi connectivity index (χ1v) is 13.0. The highest BCUT2D eigenvalue weighted by molar-refractivity contribution is 9.10. The Morgan fingerprint density at radius 1 is 1.19 bits per heavy atom. The Labute approximate surface area is 222 Å². The molecule has 198 valence electrons. The molecule has 2 aliphatic heterocycles. The molecule has 0 aliphatic carbocycles. The van der Waals surface area contributed by atoms with Gasteiger partial charge < -0.3 is 26.8 Å². The topological polar surface area (TPSA) is 185 Å². The predicted octanol–water partition coefficient (Wildman–Crippen LogP) is 1.45. The highest BCUT2D eigenvalue weighted by atomic mass is 79.9. The summed E-state index contributed by atoms with van der Waals surface area (Å²) in [5, 5.41) is 13.7. The van der Waals surface area contributed by atoms with E-state index in [0.29, 0.717) is 18.4 Å². The van der Waals surface area contributed by atoms with Crippen LogP contribution in [0.1, 0.15) is 52.1 Å². The average molecular weight is 587 g/mol. The maximum absolute atomic E-state index is 12.3. The van der Waals surface area contributed by atoms with Gasteiger partial charge in [-0.25, -0.2) is 9.59 Å². The number of carbonyl (C=O) groups excluding carboxylic acids is 4. The third-order valence-electron chi connectivity index (χ3n) is 6.18. The fourth-order valence-electron chi connectivity index (χ4n) is 4.00. The number of nitrogens with two attached hydrogens (primary N) is 2. The van der Waals surface area contributed by atoms with Crippen molar-refractivity contribution in [2.45, 2.75) is 73.1 Å². The van der Waals surface area contributed by atoms with E-state index in [1.54, 1.807) is 38.1 Å². The van der Waals surface area contributed by atoms with Gasteiger partial charge in [0.1, 0.15) is 27.8 Å². The van der Waals surface area contributed by atoms with E-state index in [4.69, 9.17) is 11.5 Å². The lowest BCUT2D eigenvalue weighted by molar-refractivity contribution is -0.161. The molecular weight excluding hydrogens is 554 g/mol. The smallest absolute Gasteiger partial charge is 0.327 e. The number of carbonyl (C=O) groups is 5. The van der Waals surface area contributed by atoms with Gasteiger partial charge in [0.2, 0.25) is 17.7 Å². The minimum Gasteiger partial charge on any atom is -0.480 e. The van der Waals surface area contributed by atoms with Crippen LogP contribution in [-0.2, 0) is 19.2 Å². The number of fused-ring (bicyclic) bond motifs is 1. The van der Waals surface area contributed by atoms with Crippen LogP contribution in [0.25, 0.3) is 0 Å². The second-order valence-electron chi connectivity index (χ2n) is 8.96. The molecule has 36 heavy (non-hydrogen) atoms. The molecule has 0 spiro atoms. The number of urea groups is 1. The maximum atomic E-state index is 12.3. The largest absolute Gasteiger partial charge is 0.480 e. The molecule has 5 amide bonds. The van der Waals surface area contributed by atoms with Crippen LogP contribution in [0.4, 0.5) is 4.79 Å². The number of aliphatic carboxylic acids is 1. The molecule has 2 fully saturated rings. The number of β-lactam (4-membered cyclic amide) rings is 1. The molecule has 13 heteroatoms. The van der Waals surface area contributed by atoms with Gasteiger partial charge in [-0.2, -0.15) is 0 Å². The van der Waals surface area contributed by atoms with Gasteiger partial charge in [-0.3, -0.25) is 19.7 Å². The van der Waals surface area contributed by atoms with E-state index in [1.807, 2.05) is 25.2 Å². The van der Waals surface area contributed by atoms with E-state index < -0.39 is 45.1 Å². The number of primary amides is 1. The molecule has 4 atom stereocenters. The van der Waals surface area contributed by atoms with Crippen LogP contribution in [0.5, 0.6) is 0 Å². The van der Waals surface area contributed by atoms with Crippen molar-refractivity contribution in [2.24, 2.45) is 11.5 Å². The SMILES string of the molecule is CC1(C)S[C@@H]2[C@H](NC(=O)[C@H](N)c3ccccc3)C(=O)N2[C@H]1C(=O)O.CCC(Br)(CC)C(=O)NC(N)=O. The Balaban J connectivity index is 0.000000324. The summed E-state index contributed by atoms with van der Waals surface area (Å²) >= 11 is 4.64. The van der Waals surface area contributed by atoms with Crippen molar-refractivity contribution in [3.05, 3.63) is 35.9 Å². The third kappa shape index (κ3) is 6.19. The molecule has 2 saturated heterocycles. The molecule has 0 radical (unpaired) electrons. The Hall–Kier alpha value is -2.64. The zero-order valence-corrected chi connectivity index (χ0v) is 22.9. The second-order valence-corrected chi connectivity index (χ2v) is 12.3. The first-order valence-electron chi connectivity index (χ1n) is 11.3. The van der Waals surface area contributed by atoms with Crippen molar-refractivity contribution < 1.29 is 29.1 Å². The van der Waals surface area contributed by atoms with Crippen LogP contribution in [0.15, 0.2) is 30.3 Å². The van der Waals surface area contributed by atoms with E-state index in [0.717, 1.165) is 0 Å². The number of nitrogens with one attached hydrogen (secondary N) is 2. The Morgan fingerprint density at radius 3 is 2.22 bits per heavy atom. The van der Waals surface area contributed by atoms with Gasteiger partial charge >= 0.3 is 12.0 Å². The first kappa shape index (κ1) is 29.6. The summed E-state index contributed by atoms with van der Waals surface area (Å²) < 4.78 is -1.28. The quantitative estimate of drug-likeness (QED) is 0.235. The van der Waals surface area contributed by atoms with Crippen LogP contribution in [0.3, 0.4) is 0 Å². The zero-order valence-electron chi connectivity index (χ0n) is 20.5. The number of benzene rings is 1. The summed E-state index contributed by atoms with van der Waals surface area (Å²) in [6.45, 7) is 7.30. The van der Waals surface area contributed by atoms with Gasteiger partial charge in [-0.1, -0.05) is 60.1 Å². The highest BCUT2D eigenvalue weighted by Crippen LogP contribution is 2.50. The lowest BCUT2D eigenvalue weighted by atomic mass is 9.95. The molecule has 11 nitrogen and oxygen atoms in total. The molecule has 2 aliphatic rings. The summed E-state index contributed by atoms with van der Waals surface area (Å²) in [5.41, 5.74) is 11.4. The van der Waals surface area contributed by atoms with Crippen molar-refractivity contribution in [2.75, 3.05) is 0 Å². The lowest BCUT2D eigenvalue weighted by Gasteiger charge is -2.43. The standard InChI is InChI=1S/C16H19N3O4S.C7H13BrN2O2/c1-16(2)11(15(22)23)19-13(21)10(14(19)24-16)18-12(20)9(17)8-6-4-3-5-7-8;1-3-7(8,4-2)5(11)10-6(9)12/h3-7,9-11,14H,17H2,1-2H3,(H,18,20)(H,22,23);3-4H2,1-2H3,(H3,9,10,11,12)/t9-,10-,11+,14-;/m1./s1. The zero-order chi connectivity index (χ0) is 27.4. The van der Waals surface area contributed by atoms with Crippen molar-refractivity contribution in [3.63, 3.8) is 0 Å². The number of hydrogen-bond donors (Lipinski definition) is 5. The number of carboxylic acid groups (broad SMARTS) is 1. The fourth-order valence-corrected chi connectivity index (χ4v) is 5.72. The molecule has 0 aromatic heterocycles. The van der Waals surface area contributed by atoms with Crippen LogP contribution in [-0.4, -0.2) is 66.3 Å². The number of amides is 5. The van der Waals surface area contributed by atoms with Gasteiger partial charge in [0, 0.05) is 4.75 Å². The molecule has 1 aromatic carbocycles. The van der Waals surface area contributed by atoms with E-state index in [1.165, 1.54) is 16.7 Å². The molecule has 3 rings (SSSR count). The fraction of sp³-hybridized carbons (Fsp3) is 0.522. The highest BCUT2D eigenvalue weighted by Gasteiger charge is 2.64. The van der Waals surface area contributed by atoms with Crippen molar-refractivity contribution in [1.29, 1.82) is 0 Å². The van der Waals surface area contributed by atoms with Gasteiger partial charge in [-0.15, -0.1) is 11.8 Å². The van der Waals surface area contributed by atoms with E-state index in [-0.39, 0.29) is 17.2 Å². The number of nitrogens with zero attached hydrogens (tertiary/aromatic N) is 1. The van der Waals surface area contributed by atoms with E-state index in [9.17, 15) is 29.1 Å². The minimum atomic E-state index is -1.03.